The lowest BCUT2D eigenvalue weighted by Crippen LogP contribution is -2.12. The van der Waals surface area contributed by atoms with Crippen molar-refractivity contribution in [1.29, 1.82) is 0 Å². The fourth-order valence-electron chi connectivity index (χ4n) is 2.50. The number of nitrogens with one attached hydrogen (secondary N) is 1. The highest BCUT2D eigenvalue weighted by atomic mass is 16.5. The fraction of sp³-hybridized carbons (Fsp3) is 0.190. The number of methoxy groups -OCH3 is 1. The molecule has 0 spiro atoms. The number of ether oxygens (including phenoxy) is 3. The van der Waals surface area contributed by atoms with Crippen molar-refractivity contribution in [1.82, 2.24) is 0 Å². The largest absolute Gasteiger partial charge is 0.493 e. The zero-order valence-electron chi connectivity index (χ0n) is 15.2. The Balaban J connectivity index is 1.64. The summed E-state index contributed by atoms with van der Waals surface area (Å²) >= 11 is 0. The minimum atomic E-state index is -0.356. The number of carbonyl (C=O) groups is 1. The summed E-state index contributed by atoms with van der Waals surface area (Å²) in [6, 6.07) is 17.9. The number of hydrogen-bond acceptors (Lipinski definition) is 5. The summed E-state index contributed by atoms with van der Waals surface area (Å²) < 4.78 is 22.1. The second-order valence-corrected chi connectivity index (χ2v) is 5.59. The third-order valence-electron chi connectivity index (χ3n) is 3.76. The molecule has 0 aliphatic heterocycles. The van der Waals surface area contributed by atoms with Gasteiger partial charge in [0.1, 0.15) is 18.1 Å². The molecule has 0 saturated carbocycles. The molecule has 2 aromatic carbocycles. The van der Waals surface area contributed by atoms with Crippen LogP contribution in [0.4, 0.5) is 5.69 Å². The topological polar surface area (TPSA) is 69.9 Å². The lowest BCUT2D eigenvalue weighted by atomic mass is 10.3. The van der Waals surface area contributed by atoms with Crippen molar-refractivity contribution in [2.75, 3.05) is 19.0 Å². The molecule has 6 nitrogen and oxygen atoms in total. The van der Waals surface area contributed by atoms with E-state index < -0.39 is 0 Å². The highest BCUT2D eigenvalue weighted by Crippen LogP contribution is 2.27. The highest BCUT2D eigenvalue weighted by Gasteiger charge is 2.14. The molecule has 1 N–H and O–H groups in total. The van der Waals surface area contributed by atoms with Crippen molar-refractivity contribution < 1.29 is 23.4 Å². The number of amides is 1. The van der Waals surface area contributed by atoms with Crippen LogP contribution in [0.25, 0.3) is 0 Å². The lowest BCUT2D eigenvalue weighted by Gasteiger charge is -2.10. The molecule has 0 bridgehead atoms. The van der Waals surface area contributed by atoms with Gasteiger partial charge in [-0.25, -0.2) is 0 Å². The Kier molecular flexibility index (Phi) is 5.99. The zero-order valence-corrected chi connectivity index (χ0v) is 15.2. The van der Waals surface area contributed by atoms with Gasteiger partial charge in [-0.2, -0.15) is 0 Å². The summed E-state index contributed by atoms with van der Waals surface area (Å²) in [5.74, 6) is 2.22. The second-order valence-electron chi connectivity index (χ2n) is 5.59. The zero-order chi connectivity index (χ0) is 19.1. The van der Waals surface area contributed by atoms with Gasteiger partial charge in [-0.1, -0.05) is 24.3 Å². The molecule has 0 unspecified atom stereocenters. The van der Waals surface area contributed by atoms with E-state index in [1.54, 1.807) is 37.4 Å². The third kappa shape index (κ3) is 4.61. The number of carbonyl (C=O) groups excluding carboxylic acids is 1. The van der Waals surface area contributed by atoms with Crippen LogP contribution in [0.1, 0.15) is 23.2 Å². The van der Waals surface area contributed by atoms with Crippen molar-refractivity contribution in [2.24, 2.45) is 0 Å². The standard InChI is InChI=1S/C21H21NO5/c1-3-25-17-9-5-4-8-16(17)22-21(23)20-13-12-15(27-20)14-26-19-11-7-6-10-18(19)24-2/h4-13H,3,14H2,1-2H3,(H,22,23). The van der Waals surface area contributed by atoms with Gasteiger partial charge in [-0.15, -0.1) is 0 Å². The number of benzene rings is 2. The Morgan fingerprint density at radius 1 is 0.926 bits per heavy atom. The van der Waals surface area contributed by atoms with E-state index in [1.807, 2.05) is 37.3 Å². The number of rotatable bonds is 8. The molecule has 1 amide bonds. The summed E-state index contributed by atoms with van der Waals surface area (Å²) in [5, 5.41) is 2.80. The molecule has 140 valence electrons. The monoisotopic (exact) mass is 367 g/mol. The molecule has 27 heavy (non-hydrogen) atoms. The van der Waals surface area contributed by atoms with E-state index in [0.717, 1.165) is 0 Å². The van der Waals surface area contributed by atoms with Crippen LogP contribution in [0.2, 0.25) is 0 Å². The van der Waals surface area contributed by atoms with Gasteiger partial charge in [0.05, 0.1) is 19.4 Å². The maximum atomic E-state index is 12.4. The van der Waals surface area contributed by atoms with E-state index in [0.29, 0.717) is 35.3 Å². The van der Waals surface area contributed by atoms with Crippen LogP contribution >= 0.6 is 0 Å². The van der Waals surface area contributed by atoms with Gasteiger partial charge in [0.15, 0.2) is 17.3 Å². The smallest absolute Gasteiger partial charge is 0.291 e. The maximum Gasteiger partial charge on any atom is 0.291 e. The summed E-state index contributed by atoms with van der Waals surface area (Å²) in [4.78, 5) is 12.4. The molecule has 1 heterocycles. The number of para-hydroxylation sites is 4. The first-order valence-corrected chi connectivity index (χ1v) is 8.59. The van der Waals surface area contributed by atoms with Gasteiger partial charge >= 0.3 is 0 Å². The van der Waals surface area contributed by atoms with E-state index in [2.05, 4.69) is 5.32 Å². The van der Waals surface area contributed by atoms with Gasteiger partial charge in [-0.05, 0) is 43.3 Å². The Bertz CT molecular complexity index is 903. The van der Waals surface area contributed by atoms with Crippen molar-refractivity contribution in [3.05, 3.63) is 72.2 Å². The molecule has 0 radical (unpaired) electrons. The Morgan fingerprint density at radius 3 is 2.37 bits per heavy atom. The first kappa shape index (κ1) is 18.4. The number of hydrogen-bond donors (Lipinski definition) is 1. The lowest BCUT2D eigenvalue weighted by molar-refractivity contribution is 0.0992. The molecule has 3 rings (SSSR count). The predicted octanol–water partition coefficient (Wildman–Crippen LogP) is 4.52. The molecule has 0 saturated heterocycles. The molecular weight excluding hydrogens is 346 g/mol. The summed E-state index contributed by atoms with van der Waals surface area (Å²) in [6.07, 6.45) is 0. The van der Waals surface area contributed by atoms with E-state index in [4.69, 9.17) is 18.6 Å². The summed E-state index contributed by atoms with van der Waals surface area (Å²) in [7, 11) is 1.58. The number of furan rings is 1. The summed E-state index contributed by atoms with van der Waals surface area (Å²) in [5.41, 5.74) is 0.590. The van der Waals surface area contributed by atoms with Crippen molar-refractivity contribution in [3.63, 3.8) is 0 Å². The van der Waals surface area contributed by atoms with Crippen LogP contribution in [0.5, 0.6) is 17.2 Å². The first-order valence-electron chi connectivity index (χ1n) is 8.59. The van der Waals surface area contributed by atoms with E-state index in [9.17, 15) is 4.79 Å². The molecule has 1 aromatic heterocycles. The van der Waals surface area contributed by atoms with E-state index in [1.165, 1.54) is 0 Å². The van der Waals surface area contributed by atoms with Crippen molar-refractivity contribution >= 4 is 11.6 Å². The molecule has 3 aromatic rings. The molecular formula is C21H21NO5. The molecule has 6 heteroatoms. The fourth-order valence-corrected chi connectivity index (χ4v) is 2.50. The van der Waals surface area contributed by atoms with Gasteiger partial charge < -0.3 is 23.9 Å². The number of anilines is 1. The highest BCUT2D eigenvalue weighted by molar-refractivity contribution is 6.03. The van der Waals surface area contributed by atoms with Crippen LogP contribution in [0.15, 0.2) is 65.1 Å². The predicted molar refractivity (Wildman–Crippen MR) is 102 cm³/mol. The first-order chi connectivity index (χ1) is 13.2. The maximum absolute atomic E-state index is 12.4. The molecule has 0 aliphatic carbocycles. The second kappa shape index (κ2) is 8.80. The molecule has 0 aliphatic rings. The van der Waals surface area contributed by atoms with Gasteiger partial charge in [-0.3, -0.25) is 4.79 Å². The van der Waals surface area contributed by atoms with Gasteiger partial charge in [0, 0.05) is 0 Å². The molecule has 0 atom stereocenters. The van der Waals surface area contributed by atoms with Gasteiger partial charge in [0.2, 0.25) is 0 Å². The van der Waals surface area contributed by atoms with Crippen LogP contribution in [-0.4, -0.2) is 19.6 Å². The van der Waals surface area contributed by atoms with Gasteiger partial charge in [0.25, 0.3) is 5.91 Å². The Hall–Kier alpha value is -3.41. The minimum Gasteiger partial charge on any atom is -0.493 e. The SMILES string of the molecule is CCOc1ccccc1NC(=O)c1ccc(COc2ccccc2OC)o1. The van der Waals surface area contributed by atoms with Crippen molar-refractivity contribution in [2.45, 2.75) is 13.5 Å². The summed E-state index contributed by atoms with van der Waals surface area (Å²) in [6.45, 7) is 2.58. The quantitative estimate of drug-likeness (QED) is 0.634. The van der Waals surface area contributed by atoms with Crippen LogP contribution < -0.4 is 19.5 Å². The van der Waals surface area contributed by atoms with Crippen LogP contribution in [0.3, 0.4) is 0 Å². The average Bonchev–Trinajstić information content (AvgIpc) is 3.17. The Morgan fingerprint density at radius 2 is 1.63 bits per heavy atom. The Labute approximate surface area is 157 Å². The third-order valence-corrected chi connectivity index (χ3v) is 3.76. The van der Waals surface area contributed by atoms with E-state index >= 15 is 0 Å². The van der Waals surface area contributed by atoms with Crippen LogP contribution in [-0.2, 0) is 6.61 Å². The van der Waals surface area contributed by atoms with E-state index in [-0.39, 0.29) is 18.3 Å². The average molecular weight is 367 g/mol. The van der Waals surface area contributed by atoms with Crippen LogP contribution in [0, 0.1) is 0 Å². The minimum absolute atomic E-state index is 0.184. The normalized spacial score (nSPS) is 10.3. The van der Waals surface area contributed by atoms with Crippen molar-refractivity contribution in [3.8, 4) is 17.2 Å². The molecule has 0 fully saturated rings.